The summed E-state index contributed by atoms with van der Waals surface area (Å²) in [6.45, 7) is 6.05. The molecule has 0 spiro atoms. The Morgan fingerprint density at radius 1 is 1.50 bits per heavy atom. The maximum Gasteiger partial charge on any atom is 0.341 e. The van der Waals surface area contributed by atoms with Gasteiger partial charge in [-0.3, -0.25) is 9.48 Å². The van der Waals surface area contributed by atoms with Crippen LogP contribution in [0.4, 0.5) is 0 Å². The van der Waals surface area contributed by atoms with Crippen LogP contribution in [0.5, 0.6) is 0 Å². The fourth-order valence-electron chi connectivity index (χ4n) is 1.31. The highest BCUT2D eigenvalue weighted by Gasteiger charge is 2.14. The van der Waals surface area contributed by atoms with Gasteiger partial charge >= 0.3 is 5.97 Å². The molecule has 1 rings (SSSR count). The zero-order valence-corrected chi connectivity index (χ0v) is 11.2. The van der Waals surface area contributed by atoms with E-state index >= 15 is 0 Å². The van der Waals surface area contributed by atoms with Gasteiger partial charge in [-0.05, 0) is 20.8 Å². The van der Waals surface area contributed by atoms with E-state index in [0.29, 0.717) is 12.2 Å². The predicted molar refractivity (Wildman–Crippen MR) is 66.1 cm³/mol. The molecule has 0 aliphatic carbocycles. The van der Waals surface area contributed by atoms with Crippen LogP contribution >= 0.6 is 0 Å². The Kier molecular flexibility index (Phi) is 4.88. The Hall–Kier alpha value is -1.85. The van der Waals surface area contributed by atoms with Crippen LogP contribution in [-0.2, 0) is 16.1 Å². The minimum atomic E-state index is -0.423. The van der Waals surface area contributed by atoms with Crippen LogP contribution in [-0.4, -0.2) is 46.3 Å². The Morgan fingerprint density at radius 3 is 2.72 bits per heavy atom. The van der Waals surface area contributed by atoms with Gasteiger partial charge in [0.1, 0.15) is 6.54 Å². The second-order valence-electron chi connectivity index (χ2n) is 4.25. The van der Waals surface area contributed by atoms with Crippen LogP contribution < -0.4 is 0 Å². The SMILES string of the molecule is CCOC(=O)c1cnn(CC(=O)N(C)C(C)C)c1. The molecule has 6 heteroatoms. The lowest BCUT2D eigenvalue weighted by molar-refractivity contribution is -0.132. The van der Waals surface area contributed by atoms with Crippen molar-refractivity contribution >= 4 is 11.9 Å². The minimum Gasteiger partial charge on any atom is -0.462 e. The number of carbonyl (C=O) groups is 2. The lowest BCUT2D eigenvalue weighted by atomic mass is 10.3. The molecule has 0 aliphatic heterocycles. The third kappa shape index (κ3) is 3.58. The van der Waals surface area contributed by atoms with Gasteiger partial charge in [0.05, 0.1) is 18.4 Å². The number of aromatic nitrogens is 2. The standard InChI is InChI=1S/C12H19N3O3/c1-5-18-12(17)10-6-13-15(7-10)8-11(16)14(4)9(2)3/h6-7,9H,5,8H2,1-4H3. The third-order valence-electron chi connectivity index (χ3n) is 2.61. The second kappa shape index (κ2) is 6.18. The number of likely N-dealkylation sites (N-methyl/N-ethyl adjacent to an activating group) is 1. The van der Waals surface area contributed by atoms with Crippen molar-refractivity contribution < 1.29 is 14.3 Å². The summed E-state index contributed by atoms with van der Waals surface area (Å²) in [6.07, 6.45) is 2.92. The zero-order chi connectivity index (χ0) is 13.7. The van der Waals surface area contributed by atoms with Gasteiger partial charge in [-0.1, -0.05) is 0 Å². The highest BCUT2D eigenvalue weighted by molar-refractivity contribution is 5.88. The first-order valence-corrected chi connectivity index (χ1v) is 5.91. The summed E-state index contributed by atoms with van der Waals surface area (Å²) in [6, 6.07) is 0.137. The molecule has 0 N–H and O–H groups in total. The summed E-state index contributed by atoms with van der Waals surface area (Å²) >= 11 is 0. The van der Waals surface area contributed by atoms with Gasteiger partial charge in [-0.2, -0.15) is 5.10 Å². The molecule has 0 atom stereocenters. The molecule has 1 heterocycles. The molecule has 0 saturated heterocycles. The Morgan fingerprint density at radius 2 is 2.17 bits per heavy atom. The smallest absolute Gasteiger partial charge is 0.341 e. The largest absolute Gasteiger partial charge is 0.462 e. The van der Waals surface area contributed by atoms with E-state index in [-0.39, 0.29) is 18.5 Å². The zero-order valence-electron chi connectivity index (χ0n) is 11.2. The van der Waals surface area contributed by atoms with E-state index < -0.39 is 5.97 Å². The average Bonchev–Trinajstić information content (AvgIpc) is 2.76. The predicted octanol–water partition coefficient (Wildman–Crippen LogP) is 0.927. The van der Waals surface area contributed by atoms with Gasteiger partial charge in [0, 0.05) is 19.3 Å². The molecular formula is C12H19N3O3. The number of hydrogen-bond acceptors (Lipinski definition) is 4. The molecule has 1 amide bonds. The molecule has 0 unspecified atom stereocenters. The number of carbonyl (C=O) groups excluding carboxylic acids is 2. The third-order valence-corrected chi connectivity index (χ3v) is 2.61. The summed E-state index contributed by atoms with van der Waals surface area (Å²) < 4.78 is 6.28. The van der Waals surface area contributed by atoms with E-state index in [0.717, 1.165) is 0 Å². The van der Waals surface area contributed by atoms with E-state index in [4.69, 9.17) is 4.74 Å². The van der Waals surface area contributed by atoms with Crippen LogP contribution in [0.3, 0.4) is 0 Å². The van der Waals surface area contributed by atoms with Crippen LogP contribution in [0.15, 0.2) is 12.4 Å². The molecule has 0 aromatic carbocycles. The summed E-state index contributed by atoms with van der Waals surface area (Å²) in [5, 5.41) is 3.97. The van der Waals surface area contributed by atoms with Crippen molar-refractivity contribution in [3.63, 3.8) is 0 Å². The van der Waals surface area contributed by atoms with Crippen molar-refractivity contribution in [2.75, 3.05) is 13.7 Å². The molecule has 1 aromatic rings. The van der Waals surface area contributed by atoms with Crippen molar-refractivity contribution in [1.29, 1.82) is 0 Å². The fraction of sp³-hybridized carbons (Fsp3) is 0.583. The lowest BCUT2D eigenvalue weighted by Gasteiger charge is -2.21. The Bertz CT molecular complexity index is 426. The summed E-state index contributed by atoms with van der Waals surface area (Å²) in [4.78, 5) is 24.9. The number of esters is 1. The van der Waals surface area contributed by atoms with Gasteiger partial charge in [0.2, 0.25) is 5.91 Å². The summed E-state index contributed by atoms with van der Waals surface area (Å²) in [7, 11) is 1.74. The molecule has 1 aromatic heterocycles. The van der Waals surface area contributed by atoms with E-state index in [1.807, 2.05) is 13.8 Å². The van der Waals surface area contributed by atoms with E-state index in [1.165, 1.54) is 17.1 Å². The molecular weight excluding hydrogens is 234 g/mol. The molecule has 18 heavy (non-hydrogen) atoms. The normalized spacial score (nSPS) is 10.5. The maximum atomic E-state index is 11.8. The average molecular weight is 253 g/mol. The van der Waals surface area contributed by atoms with Crippen molar-refractivity contribution in [1.82, 2.24) is 14.7 Å². The number of nitrogens with zero attached hydrogens (tertiary/aromatic N) is 3. The van der Waals surface area contributed by atoms with Crippen LogP contribution in [0, 0.1) is 0 Å². The fourth-order valence-corrected chi connectivity index (χ4v) is 1.31. The molecule has 0 fully saturated rings. The molecule has 0 bridgehead atoms. The van der Waals surface area contributed by atoms with E-state index in [2.05, 4.69) is 5.10 Å². The topological polar surface area (TPSA) is 64.4 Å². The quantitative estimate of drug-likeness (QED) is 0.732. The Balaban J connectivity index is 2.64. The first-order valence-electron chi connectivity index (χ1n) is 5.91. The van der Waals surface area contributed by atoms with Gasteiger partial charge in [0.25, 0.3) is 0 Å². The number of ether oxygens (including phenoxy) is 1. The van der Waals surface area contributed by atoms with Crippen molar-refractivity contribution in [2.45, 2.75) is 33.4 Å². The Labute approximate surface area is 107 Å². The first-order chi connectivity index (χ1) is 8.45. The van der Waals surface area contributed by atoms with Crippen LogP contribution in [0.2, 0.25) is 0 Å². The van der Waals surface area contributed by atoms with Crippen molar-refractivity contribution in [3.05, 3.63) is 18.0 Å². The lowest BCUT2D eigenvalue weighted by Crippen LogP contribution is -2.35. The van der Waals surface area contributed by atoms with Gasteiger partial charge in [-0.15, -0.1) is 0 Å². The summed E-state index contributed by atoms with van der Waals surface area (Å²) in [5.74, 6) is -0.475. The minimum absolute atomic E-state index is 0.0523. The molecule has 0 aliphatic rings. The molecule has 100 valence electrons. The van der Waals surface area contributed by atoms with Crippen molar-refractivity contribution in [3.8, 4) is 0 Å². The van der Waals surface area contributed by atoms with E-state index in [1.54, 1.807) is 18.9 Å². The van der Waals surface area contributed by atoms with Crippen LogP contribution in [0.1, 0.15) is 31.1 Å². The van der Waals surface area contributed by atoms with Crippen LogP contribution in [0.25, 0.3) is 0 Å². The summed E-state index contributed by atoms with van der Waals surface area (Å²) in [5.41, 5.74) is 0.358. The highest BCUT2D eigenvalue weighted by Crippen LogP contribution is 2.02. The van der Waals surface area contributed by atoms with Gasteiger partial charge < -0.3 is 9.64 Å². The second-order valence-corrected chi connectivity index (χ2v) is 4.25. The van der Waals surface area contributed by atoms with Gasteiger partial charge in [-0.25, -0.2) is 4.79 Å². The number of hydrogen-bond donors (Lipinski definition) is 0. The monoisotopic (exact) mass is 253 g/mol. The molecule has 0 saturated carbocycles. The number of rotatable bonds is 5. The number of amides is 1. The van der Waals surface area contributed by atoms with Gasteiger partial charge in [0.15, 0.2) is 0 Å². The molecule has 6 nitrogen and oxygen atoms in total. The molecule has 0 radical (unpaired) electrons. The van der Waals surface area contributed by atoms with Crippen molar-refractivity contribution in [2.24, 2.45) is 0 Å². The first kappa shape index (κ1) is 14.2. The van der Waals surface area contributed by atoms with E-state index in [9.17, 15) is 9.59 Å². The highest BCUT2D eigenvalue weighted by atomic mass is 16.5. The maximum absolute atomic E-state index is 11.8.